The fourth-order valence-electron chi connectivity index (χ4n) is 3.53. The Hall–Kier alpha value is -3.06. The second-order valence-corrected chi connectivity index (χ2v) is 7.31. The van der Waals surface area contributed by atoms with E-state index in [-0.39, 0.29) is 17.6 Å². The van der Waals surface area contributed by atoms with Crippen LogP contribution in [0.4, 0.5) is 10.1 Å². The minimum absolute atomic E-state index is 0.0130. The first kappa shape index (κ1) is 19.3. The molecule has 6 nitrogen and oxygen atoms in total. The minimum atomic E-state index is -0.315. The van der Waals surface area contributed by atoms with Gasteiger partial charge in [0.1, 0.15) is 5.82 Å². The Labute approximate surface area is 168 Å². The van der Waals surface area contributed by atoms with Gasteiger partial charge in [-0.1, -0.05) is 35.5 Å². The Morgan fingerprint density at radius 3 is 2.55 bits per heavy atom. The SMILES string of the molecule is O=C(Nc1ccc(F)cc1)C1CCN(Cc2noc(Cc3ccccc3)n2)CC1. The van der Waals surface area contributed by atoms with E-state index < -0.39 is 0 Å². The summed E-state index contributed by atoms with van der Waals surface area (Å²) in [6, 6.07) is 15.9. The third-order valence-corrected chi connectivity index (χ3v) is 5.14. The highest BCUT2D eigenvalue weighted by molar-refractivity contribution is 5.92. The number of halogens is 1. The number of anilines is 1. The highest BCUT2D eigenvalue weighted by Gasteiger charge is 2.26. The quantitative estimate of drug-likeness (QED) is 0.691. The largest absolute Gasteiger partial charge is 0.339 e. The number of benzene rings is 2. The van der Waals surface area contributed by atoms with Gasteiger partial charge in [0.15, 0.2) is 5.82 Å². The van der Waals surface area contributed by atoms with Crippen LogP contribution in [0.2, 0.25) is 0 Å². The Bertz CT molecular complexity index is 935. The average Bonchev–Trinajstić information content (AvgIpc) is 3.17. The molecule has 2 heterocycles. The first-order chi connectivity index (χ1) is 14.2. The lowest BCUT2D eigenvalue weighted by atomic mass is 9.96. The van der Waals surface area contributed by atoms with Crippen LogP contribution in [-0.4, -0.2) is 34.0 Å². The van der Waals surface area contributed by atoms with Gasteiger partial charge in [0, 0.05) is 11.6 Å². The summed E-state index contributed by atoms with van der Waals surface area (Å²) >= 11 is 0. The molecule has 1 N–H and O–H groups in total. The fourth-order valence-corrected chi connectivity index (χ4v) is 3.53. The Morgan fingerprint density at radius 2 is 1.83 bits per heavy atom. The van der Waals surface area contributed by atoms with E-state index in [1.165, 1.54) is 12.1 Å². The van der Waals surface area contributed by atoms with Crippen LogP contribution < -0.4 is 5.32 Å². The van der Waals surface area contributed by atoms with Gasteiger partial charge >= 0.3 is 0 Å². The molecular weight excluding hydrogens is 371 g/mol. The van der Waals surface area contributed by atoms with E-state index in [4.69, 9.17) is 4.52 Å². The summed E-state index contributed by atoms with van der Waals surface area (Å²) in [7, 11) is 0. The molecule has 1 aliphatic heterocycles. The molecule has 1 fully saturated rings. The van der Waals surface area contributed by atoms with E-state index >= 15 is 0 Å². The fraction of sp³-hybridized carbons (Fsp3) is 0.318. The molecule has 29 heavy (non-hydrogen) atoms. The average molecular weight is 394 g/mol. The van der Waals surface area contributed by atoms with Gasteiger partial charge in [-0.25, -0.2) is 4.39 Å². The summed E-state index contributed by atoms with van der Waals surface area (Å²) in [6.45, 7) is 2.21. The maximum Gasteiger partial charge on any atom is 0.231 e. The van der Waals surface area contributed by atoms with Crippen molar-refractivity contribution in [2.75, 3.05) is 18.4 Å². The number of nitrogens with one attached hydrogen (secondary N) is 1. The molecular formula is C22H23FN4O2. The van der Waals surface area contributed by atoms with Crippen molar-refractivity contribution in [1.82, 2.24) is 15.0 Å². The molecule has 0 aliphatic carbocycles. The molecule has 4 rings (SSSR count). The third kappa shape index (κ3) is 5.26. The van der Waals surface area contributed by atoms with Gasteiger partial charge in [-0.2, -0.15) is 4.98 Å². The number of nitrogens with zero attached hydrogens (tertiary/aromatic N) is 3. The number of piperidine rings is 1. The molecule has 0 bridgehead atoms. The molecule has 1 aliphatic rings. The number of rotatable bonds is 6. The molecule has 0 atom stereocenters. The van der Waals surface area contributed by atoms with E-state index in [2.05, 4.69) is 20.4 Å². The molecule has 7 heteroatoms. The van der Waals surface area contributed by atoms with Crippen molar-refractivity contribution in [2.24, 2.45) is 5.92 Å². The van der Waals surface area contributed by atoms with Crippen LogP contribution in [0.3, 0.4) is 0 Å². The summed E-state index contributed by atoms with van der Waals surface area (Å²) in [5.74, 6) is 0.908. The van der Waals surface area contributed by atoms with Crippen LogP contribution in [0.15, 0.2) is 59.1 Å². The number of likely N-dealkylation sites (tertiary alicyclic amines) is 1. The topological polar surface area (TPSA) is 71.3 Å². The maximum atomic E-state index is 13.0. The lowest BCUT2D eigenvalue weighted by molar-refractivity contribution is -0.121. The second kappa shape index (κ2) is 8.96. The van der Waals surface area contributed by atoms with Gasteiger partial charge < -0.3 is 9.84 Å². The first-order valence-corrected chi connectivity index (χ1v) is 9.80. The Morgan fingerprint density at radius 1 is 1.10 bits per heavy atom. The zero-order chi connectivity index (χ0) is 20.1. The molecule has 1 saturated heterocycles. The molecule has 0 spiro atoms. The Kier molecular flexibility index (Phi) is 5.95. The predicted molar refractivity (Wildman–Crippen MR) is 107 cm³/mol. The second-order valence-electron chi connectivity index (χ2n) is 7.31. The maximum absolute atomic E-state index is 13.0. The van der Waals surface area contributed by atoms with Crippen molar-refractivity contribution in [3.05, 3.63) is 77.7 Å². The van der Waals surface area contributed by atoms with Crippen molar-refractivity contribution >= 4 is 11.6 Å². The van der Waals surface area contributed by atoms with Gasteiger partial charge in [0.25, 0.3) is 0 Å². The molecule has 150 valence electrons. The highest BCUT2D eigenvalue weighted by Crippen LogP contribution is 2.21. The monoisotopic (exact) mass is 394 g/mol. The summed E-state index contributed by atoms with van der Waals surface area (Å²) < 4.78 is 18.3. The van der Waals surface area contributed by atoms with Crippen LogP contribution in [0.5, 0.6) is 0 Å². The summed E-state index contributed by atoms with van der Waals surface area (Å²) in [5, 5.41) is 6.95. The normalized spacial score (nSPS) is 15.3. The van der Waals surface area contributed by atoms with Crippen LogP contribution in [-0.2, 0) is 17.8 Å². The molecule has 0 saturated carbocycles. The molecule has 0 radical (unpaired) electrons. The zero-order valence-electron chi connectivity index (χ0n) is 16.1. The number of amides is 1. The Balaban J connectivity index is 1.24. The van der Waals surface area contributed by atoms with E-state index in [1.807, 2.05) is 30.3 Å². The van der Waals surface area contributed by atoms with Crippen LogP contribution in [0.1, 0.15) is 30.1 Å². The molecule has 1 amide bonds. The van der Waals surface area contributed by atoms with Crippen molar-refractivity contribution in [3.8, 4) is 0 Å². The van der Waals surface area contributed by atoms with Crippen molar-refractivity contribution in [2.45, 2.75) is 25.8 Å². The first-order valence-electron chi connectivity index (χ1n) is 9.80. The zero-order valence-corrected chi connectivity index (χ0v) is 16.1. The smallest absolute Gasteiger partial charge is 0.231 e. The number of carbonyl (C=O) groups excluding carboxylic acids is 1. The van der Waals surface area contributed by atoms with E-state index in [0.29, 0.717) is 30.4 Å². The number of aromatic nitrogens is 2. The van der Waals surface area contributed by atoms with Gasteiger partial charge in [-0.3, -0.25) is 9.69 Å². The van der Waals surface area contributed by atoms with Crippen LogP contribution in [0, 0.1) is 11.7 Å². The van der Waals surface area contributed by atoms with Crippen molar-refractivity contribution in [3.63, 3.8) is 0 Å². The number of carbonyl (C=O) groups is 1. The van der Waals surface area contributed by atoms with Crippen LogP contribution >= 0.6 is 0 Å². The summed E-state index contributed by atoms with van der Waals surface area (Å²) in [6.07, 6.45) is 2.16. The van der Waals surface area contributed by atoms with E-state index in [0.717, 1.165) is 31.5 Å². The van der Waals surface area contributed by atoms with E-state index in [1.54, 1.807) is 12.1 Å². The van der Waals surface area contributed by atoms with Crippen molar-refractivity contribution < 1.29 is 13.7 Å². The highest BCUT2D eigenvalue weighted by atomic mass is 19.1. The third-order valence-electron chi connectivity index (χ3n) is 5.14. The number of hydrogen-bond acceptors (Lipinski definition) is 5. The molecule has 2 aromatic carbocycles. The van der Waals surface area contributed by atoms with Crippen molar-refractivity contribution in [1.29, 1.82) is 0 Å². The lowest BCUT2D eigenvalue weighted by Gasteiger charge is -2.30. The summed E-state index contributed by atoms with van der Waals surface area (Å²) in [5.41, 5.74) is 1.76. The van der Waals surface area contributed by atoms with Gasteiger partial charge in [0.2, 0.25) is 11.8 Å². The molecule has 1 aromatic heterocycles. The van der Waals surface area contributed by atoms with Crippen LogP contribution in [0.25, 0.3) is 0 Å². The standard InChI is InChI=1S/C22H23FN4O2/c23-18-6-8-19(9-7-18)24-22(28)17-10-12-27(13-11-17)15-20-25-21(29-26-20)14-16-4-2-1-3-5-16/h1-9,17H,10-15H2,(H,24,28). The lowest BCUT2D eigenvalue weighted by Crippen LogP contribution is -2.38. The molecule has 3 aromatic rings. The van der Waals surface area contributed by atoms with E-state index in [9.17, 15) is 9.18 Å². The van der Waals surface area contributed by atoms with Gasteiger partial charge in [-0.15, -0.1) is 0 Å². The number of hydrogen-bond donors (Lipinski definition) is 1. The summed E-state index contributed by atoms with van der Waals surface area (Å²) in [4.78, 5) is 19.2. The molecule has 0 unspecified atom stereocenters. The van der Waals surface area contributed by atoms with Gasteiger partial charge in [-0.05, 0) is 55.8 Å². The minimum Gasteiger partial charge on any atom is -0.339 e. The van der Waals surface area contributed by atoms with Gasteiger partial charge in [0.05, 0.1) is 13.0 Å². The predicted octanol–water partition coefficient (Wildman–Crippen LogP) is 3.65.